The summed E-state index contributed by atoms with van der Waals surface area (Å²) in [6, 6.07) is 9.42. The second-order valence-corrected chi connectivity index (χ2v) is 9.73. The van der Waals surface area contributed by atoms with Gasteiger partial charge in [0.1, 0.15) is 11.5 Å². The largest absolute Gasteiger partial charge is 0.492 e. The van der Waals surface area contributed by atoms with Crippen molar-refractivity contribution in [3.63, 3.8) is 0 Å². The van der Waals surface area contributed by atoms with Crippen molar-refractivity contribution in [3.8, 4) is 17.2 Å². The van der Waals surface area contributed by atoms with Crippen LogP contribution in [-0.2, 0) is 11.2 Å². The highest BCUT2D eigenvalue weighted by molar-refractivity contribution is 14.1. The second-order valence-electron chi connectivity index (χ2n) is 6.25. The van der Waals surface area contributed by atoms with Crippen LogP contribution in [0.25, 0.3) is 0 Å². The molecule has 0 bridgehead atoms. The molecule has 9 heteroatoms. The Morgan fingerprint density at radius 1 is 1.03 bits per heavy atom. The minimum absolute atomic E-state index is 0.00123. The maximum absolute atomic E-state index is 10.9. The van der Waals surface area contributed by atoms with Crippen LogP contribution < -0.4 is 20.5 Å². The van der Waals surface area contributed by atoms with Crippen LogP contribution in [0.15, 0.2) is 30.3 Å². The first kappa shape index (κ1) is 24.9. The molecular formula is C20H23I3N2O4. The minimum Gasteiger partial charge on any atom is -0.492 e. The summed E-state index contributed by atoms with van der Waals surface area (Å²) in [5.74, 6) is 1.43. The van der Waals surface area contributed by atoms with Gasteiger partial charge in [-0.25, -0.2) is 0 Å². The summed E-state index contributed by atoms with van der Waals surface area (Å²) < 4.78 is 14.7. The van der Waals surface area contributed by atoms with Gasteiger partial charge < -0.3 is 25.6 Å². The third-order valence-corrected chi connectivity index (χ3v) is 6.30. The van der Waals surface area contributed by atoms with Gasteiger partial charge in [-0.3, -0.25) is 4.79 Å². The molecule has 2 aromatic rings. The molecule has 0 amide bonds. The molecule has 0 aliphatic heterocycles. The quantitative estimate of drug-likeness (QED) is 0.218. The lowest BCUT2D eigenvalue weighted by Crippen LogP contribution is -2.20. The number of carboxylic acid groups (broad SMARTS) is 1. The third kappa shape index (κ3) is 8.71. The zero-order chi connectivity index (χ0) is 21.2. The van der Waals surface area contributed by atoms with E-state index in [1.807, 2.05) is 30.3 Å². The number of ether oxygens (including phenoxy) is 2. The monoisotopic (exact) mass is 736 g/mol. The fourth-order valence-electron chi connectivity index (χ4n) is 2.50. The highest BCUT2D eigenvalue weighted by Gasteiger charge is 2.13. The maximum Gasteiger partial charge on any atom is 0.307 e. The summed E-state index contributed by atoms with van der Waals surface area (Å²) in [5.41, 5.74) is 6.22. The number of hydrogen-bond donors (Lipinski definition) is 3. The van der Waals surface area contributed by atoms with Crippen LogP contribution in [0, 0.1) is 10.7 Å². The first-order chi connectivity index (χ1) is 13.9. The molecule has 158 valence electrons. The van der Waals surface area contributed by atoms with Gasteiger partial charge in [-0.05, 0) is 136 Å². The fourth-order valence-corrected chi connectivity index (χ4v) is 5.26. The molecule has 0 radical (unpaired) electrons. The van der Waals surface area contributed by atoms with Crippen LogP contribution in [0.1, 0.15) is 18.4 Å². The number of rotatable bonds is 12. The molecule has 0 saturated heterocycles. The molecule has 2 rings (SSSR count). The lowest BCUT2D eigenvalue weighted by atomic mass is 10.1. The molecule has 0 heterocycles. The van der Waals surface area contributed by atoms with Crippen LogP contribution >= 0.6 is 67.8 Å². The zero-order valence-corrected chi connectivity index (χ0v) is 22.2. The van der Waals surface area contributed by atoms with E-state index in [1.165, 1.54) is 0 Å². The number of carboxylic acids is 1. The van der Waals surface area contributed by atoms with E-state index in [0.717, 1.165) is 53.7 Å². The first-order valence-corrected chi connectivity index (χ1v) is 12.3. The van der Waals surface area contributed by atoms with E-state index in [2.05, 4.69) is 73.1 Å². The van der Waals surface area contributed by atoms with Crippen molar-refractivity contribution in [1.82, 2.24) is 5.32 Å². The molecule has 0 aliphatic carbocycles. The SMILES string of the molecule is NCCCNCCCOc1ccc(Oc2c(I)cc(CC(=O)O)cc2I)cc1I. The zero-order valence-electron chi connectivity index (χ0n) is 15.7. The Balaban J connectivity index is 1.94. The Morgan fingerprint density at radius 3 is 2.34 bits per heavy atom. The third-order valence-electron chi connectivity index (χ3n) is 3.85. The van der Waals surface area contributed by atoms with Crippen LogP contribution in [0.3, 0.4) is 0 Å². The van der Waals surface area contributed by atoms with Gasteiger partial charge in [-0.1, -0.05) is 0 Å². The van der Waals surface area contributed by atoms with E-state index < -0.39 is 5.97 Å². The Bertz CT molecular complexity index is 810. The highest BCUT2D eigenvalue weighted by atomic mass is 127. The number of nitrogens with two attached hydrogens (primary N) is 1. The molecule has 0 saturated carbocycles. The van der Waals surface area contributed by atoms with Gasteiger partial charge >= 0.3 is 5.97 Å². The van der Waals surface area contributed by atoms with E-state index >= 15 is 0 Å². The van der Waals surface area contributed by atoms with Crippen molar-refractivity contribution in [2.24, 2.45) is 5.73 Å². The standard InChI is InChI=1S/C20H23I3N2O4/c21-15-12-14(3-4-18(15)28-8-2-7-25-6-1-5-24)29-20-16(22)9-13(10-17(20)23)11-19(26)27/h3-4,9-10,12,25H,1-2,5-8,11,24H2,(H,26,27). The molecule has 0 fully saturated rings. The summed E-state index contributed by atoms with van der Waals surface area (Å²) in [4.78, 5) is 10.9. The number of aliphatic carboxylic acids is 1. The molecule has 29 heavy (non-hydrogen) atoms. The molecule has 2 aromatic carbocycles. The van der Waals surface area contributed by atoms with E-state index in [9.17, 15) is 4.79 Å². The van der Waals surface area contributed by atoms with Gasteiger partial charge in [0.15, 0.2) is 5.75 Å². The molecule has 0 spiro atoms. The van der Waals surface area contributed by atoms with Crippen LogP contribution in [0.4, 0.5) is 0 Å². The van der Waals surface area contributed by atoms with Crippen molar-refractivity contribution < 1.29 is 19.4 Å². The number of carbonyl (C=O) groups is 1. The average Bonchev–Trinajstić information content (AvgIpc) is 2.65. The fraction of sp³-hybridized carbons (Fsp3) is 0.350. The molecule has 6 nitrogen and oxygen atoms in total. The van der Waals surface area contributed by atoms with Crippen molar-refractivity contribution >= 4 is 73.7 Å². The normalized spacial score (nSPS) is 10.8. The van der Waals surface area contributed by atoms with E-state index in [0.29, 0.717) is 18.9 Å². The molecule has 4 N–H and O–H groups in total. The predicted molar refractivity (Wildman–Crippen MR) is 139 cm³/mol. The Labute approximate surface area is 211 Å². The molecular weight excluding hydrogens is 713 g/mol. The summed E-state index contributed by atoms with van der Waals surface area (Å²) >= 11 is 6.59. The number of hydrogen-bond acceptors (Lipinski definition) is 5. The van der Waals surface area contributed by atoms with E-state index in [4.69, 9.17) is 20.3 Å². The lowest BCUT2D eigenvalue weighted by Gasteiger charge is -2.14. The van der Waals surface area contributed by atoms with Crippen molar-refractivity contribution in [3.05, 3.63) is 46.6 Å². The van der Waals surface area contributed by atoms with Gasteiger partial charge in [-0.15, -0.1) is 0 Å². The van der Waals surface area contributed by atoms with Crippen LogP contribution in [-0.4, -0.2) is 37.3 Å². The van der Waals surface area contributed by atoms with Gasteiger partial charge in [0.25, 0.3) is 0 Å². The van der Waals surface area contributed by atoms with Crippen molar-refractivity contribution in [2.75, 3.05) is 26.2 Å². The molecule has 0 atom stereocenters. The Morgan fingerprint density at radius 2 is 1.72 bits per heavy atom. The molecule has 0 unspecified atom stereocenters. The topological polar surface area (TPSA) is 93.8 Å². The minimum atomic E-state index is -0.846. The number of halogens is 3. The summed E-state index contributed by atoms with van der Waals surface area (Å²) in [7, 11) is 0. The van der Waals surface area contributed by atoms with Crippen LogP contribution in [0.2, 0.25) is 0 Å². The lowest BCUT2D eigenvalue weighted by molar-refractivity contribution is -0.136. The van der Waals surface area contributed by atoms with Crippen molar-refractivity contribution in [1.29, 1.82) is 0 Å². The molecule has 0 aromatic heterocycles. The van der Waals surface area contributed by atoms with Gasteiger partial charge in [-0.2, -0.15) is 0 Å². The summed E-state index contributed by atoms with van der Waals surface area (Å²) in [6.07, 6.45) is 1.91. The van der Waals surface area contributed by atoms with E-state index in [-0.39, 0.29) is 6.42 Å². The summed E-state index contributed by atoms with van der Waals surface area (Å²) in [5, 5.41) is 12.3. The average molecular weight is 736 g/mol. The van der Waals surface area contributed by atoms with E-state index in [1.54, 1.807) is 0 Å². The second kappa shape index (κ2) is 13.1. The first-order valence-electron chi connectivity index (χ1n) is 9.11. The Hall–Kier alpha value is -0.380. The predicted octanol–water partition coefficient (Wildman–Crippen LogP) is 4.63. The number of nitrogens with one attached hydrogen (secondary N) is 1. The van der Waals surface area contributed by atoms with Gasteiger partial charge in [0.05, 0.1) is 23.7 Å². The summed E-state index contributed by atoms with van der Waals surface area (Å²) in [6.45, 7) is 3.20. The highest BCUT2D eigenvalue weighted by Crippen LogP contribution is 2.35. The smallest absolute Gasteiger partial charge is 0.307 e. The van der Waals surface area contributed by atoms with Crippen LogP contribution in [0.5, 0.6) is 17.2 Å². The van der Waals surface area contributed by atoms with Gasteiger partial charge in [0, 0.05) is 0 Å². The Kier molecular flexibility index (Phi) is 11.3. The maximum atomic E-state index is 10.9. The van der Waals surface area contributed by atoms with Crippen molar-refractivity contribution in [2.45, 2.75) is 19.3 Å². The molecule has 0 aliphatic rings. The number of benzene rings is 2. The van der Waals surface area contributed by atoms with Gasteiger partial charge in [0.2, 0.25) is 0 Å².